The summed E-state index contributed by atoms with van der Waals surface area (Å²) in [7, 11) is 0. The van der Waals surface area contributed by atoms with Crippen LogP contribution >= 0.6 is 11.6 Å². The third-order valence-electron chi connectivity index (χ3n) is 4.03. The summed E-state index contributed by atoms with van der Waals surface area (Å²) in [6, 6.07) is 5.96. The van der Waals surface area contributed by atoms with Gasteiger partial charge in [-0.1, -0.05) is 25.4 Å². The molecule has 1 heterocycles. The molecule has 1 aromatic rings. The molecule has 0 radical (unpaired) electrons. The monoisotopic (exact) mass is 295 g/mol. The van der Waals surface area contributed by atoms with E-state index in [0.717, 1.165) is 48.2 Å². The third kappa shape index (κ3) is 4.68. The first-order valence-corrected chi connectivity index (χ1v) is 8.20. The van der Waals surface area contributed by atoms with Crippen molar-refractivity contribution in [3.8, 4) is 5.75 Å². The predicted octanol–water partition coefficient (Wildman–Crippen LogP) is 4.40. The van der Waals surface area contributed by atoms with Gasteiger partial charge in [-0.3, -0.25) is 0 Å². The minimum absolute atomic E-state index is 0.787. The van der Waals surface area contributed by atoms with Crippen LogP contribution in [0.25, 0.3) is 0 Å². The molecular weight excluding hydrogens is 270 g/mol. The normalized spacial score (nSPS) is 20.1. The SMILES string of the molecule is CCc1cc(OCCCN2CCC[C@@H](C)C2)ccc1Cl. The largest absolute Gasteiger partial charge is 0.494 e. The maximum absolute atomic E-state index is 6.11. The van der Waals surface area contributed by atoms with Crippen LogP contribution in [0.5, 0.6) is 5.75 Å². The molecule has 0 bridgehead atoms. The van der Waals surface area contributed by atoms with Gasteiger partial charge in [-0.2, -0.15) is 0 Å². The molecule has 0 unspecified atom stereocenters. The molecule has 0 aliphatic carbocycles. The van der Waals surface area contributed by atoms with Gasteiger partial charge in [-0.15, -0.1) is 0 Å². The molecule has 0 N–H and O–H groups in total. The Bertz CT molecular complexity index is 421. The van der Waals surface area contributed by atoms with Crippen LogP contribution in [0.1, 0.15) is 38.7 Å². The van der Waals surface area contributed by atoms with E-state index < -0.39 is 0 Å². The van der Waals surface area contributed by atoms with Gasteiger partial charge >= 0.3 is 0 Å². The zero-order valence-corrected chi connectivity index (χ0v) is 13.5. The number of aryl methyl sites for hydroxylation is 1. The molecular formula is C17H26ClNO. The minimum atomic E-state index is 0.787. The molecule has 2 rings (SSSR count). The highest BCUT2D eigenvalue weighted by atomic mass is 35.5. The summed E-state index contributed by atoms with van der Waals surface area (Å²) in [5.74, 6) is 1.80. The number of nitrogens with zero attached hydrogens (tertiary/aromatic N) is 1. The van der Waals surface area contributed by atoms with Gasteiger partial charge in [0.1, 0.15) is 5.75 Å². The first-order valence-electron chi connectivity index (χ1n) is 7.82. The molecule has 1 atom stereocenters. The number of hydrogen-bond acceptors (Lipinski definition) is 2. The zero-order chi connectivity index (χ0) is 14.4. The number of ether oxygens (including phenoxy) is 1. The fourth-order valence-electron chi connectivity index (χ4n) is 2.88. The van der Waals surface area contributed by atoms with Crippen LogP contribution in [0.2, 0.25) is 5.02 Å². The average Bonchev–Trinajstić information content (AvgIpc) is 2.45. The van der Waals surface area contributed by atoms with Gasteiger partial charge in [-0.25, -0.2) is 0 Å². The van der Waals surface area contributed by atoms with Crippen LogP contribution in [-0.4, -0.2) is 31.1 Å². The number of hydrogen-bond donors (Lipinski definition) is 0. The van der Waals surface area contributed by atoms with Crippen molar-refractivity contribution in [2.24, 2.45) is 5.92 Å². The van der Waals surface area contributed by atoms with Crippen molar-refractivity contribution in [3.05, 3.63) is 28.8 Å². The molecule has 1 aliphatic heterocycles. The molecule has 112 valence electrons. The fraction of sp³-hybridized carbons (Fsp3) is 0.647. The lowest BCUT2D eigenvalue weighted by atomic mass is 10.0. The van der Waals surface area contributed by atoms with Gasteiger partial charge < -0.3 is 9.64 Å². The smallest absolute Gasteiger partial charge is 0.119 e. The predicted molar refractivity (Wildman–Crippen MR) is 85.8 cm³/mol. The van der Waals surface area contributed by atoms with Gasteiger partial charge in [0, 0.05) is 18.1 Å². The molecule has 3 heteroatoms. The number of rotatable bonds is 6. The minimum Gasteiger partial charge on any atom is -0.494 e. The lowest BCUT2D eigenvalue weighted by Gasteiger charge is -2.30. The maximum Gasteiger partial charge on any atom is 0.119 e. The second-order valence-electron chi connectivity index (χ2n) is 5.86. The van der Waals surface area contributed by atoms with E-state index >= 15 is 0 Å². The third-order valence-corrected chi connectivity index (χ3v) is 4.40. The molecule has 0 spiro atoms. The molecule has 0 aromatic heterocycles. The molecule has 20 heavy (non-hydrogen) atoms. The Kier molecular flexibility index (Phi) is 6.18. The number of likely N-dealkylation sites (tertiary alicyclic amines) is 1. The maximum atomic E-state index is 6.11. The van der Waals surface area contributed by atoms with Crippen LogP contribution < -0.4 is 4.74 Å². The summed E-state index contributed by atoms with van der Waals surface area (Å²) < 4.78 is 5.84. The second kappa shape index (κ2) is 7.90. The molecule has 1 fully saturated rings. The van der Waals surface area contributed by atoms with E-state index in [4.69, 9.17) is 16.3 Å². The van der Waals surface area contributed by atoms with Crippen LogP contribution in [0, 0.1) is 5.92 Å². The van der Waals surface area contributed by atoms with Crippen molar-refractivity contribution < 1.29 is 4.74 Å². The van der Waals surface area contributed by atoms with Gasteiger partial charge in [0.05, 0.1) is 6.61 Å². The molecule has 0 amide bonds. The zero-order valence-electron chi connectivity index (χ0n) is 12.7. The van der Waals surface area contributed by atoms with Crippen molar-refractivity contribution in [1.29, 1.82) is 0 Å². The number of benzene rings is 1. The van der Waals surface area contributed by atoms with E-state index in [1.807, 2.05) is 12.1 Å². The second-order valence-corrected chi connectivity index (χ2v) is 6.26. The highest BCUT2D eigenvalue weighted by Crippen LogP contribution is 2.22. The fourth-order valence-corrected chi connectivity index (χ4v) is 3.13. The van der Waals surface area contributed by atoms with E-state index in [1.165, 1.54) is 25.9 Å². The molecule has 1 aromatic carbocycles. The van der Waals surface area contributed by atoms with Crippen LogP contribution in [-0.2, 0) is 6.42 Å². The molecule has 2 nitrogen and oxygen atoms in total. The highest BCUT2D eigenvalue weighted by molar-refractivity contribution is 6.31. The lowest BCUT2D eigenvalue weighted by Crippen LogP contribution is -2.35. The van der Waals surface area contributed by atoms with Gasteiger partial charge in [-0.05, 0) is 61.9 Å². The number of halogens is 1. The first kappa shape index (κ1) is 15.7. The van der Waals surface area contributed by atoms with Crippen molar-refractivity contribution in [1.82, 2.24) is 4.90 Å². The summed E-state index contributed by atoms with van der Waals surface area (Å²) in [5, 5.41) is 0.835. The molecule has 0 saturated carbocycles. The summed E-state index contributed by atoms with van der Waals surface area (Å²) >= 11 is 6.11. The van der Waals surface area contributed by atoms with E-state index in [9.17, 15) is 0 Å². The quantitative estimate of drug-likeness (QED) is 0.721. The van der Waals surface area contributed by atoms with Crippen molar-refractivity contribution in [2.75, 3.05) is 26.2 Å². The van der Waals surface area contributed by atoms with Crippen LogP contribution in [0.3, 0.4) is 0 Å². The van der Waals surface area contributed by atoms with Gasteiger partial charge in [0.25, 0.3) is 0 Å². The Labute approximate surface area is 128 Å². The summed E-state index contributed by atoms with van der Waals surface area (Å²) in [6.45, 7) is 8.91. The Balaban J connectivity index is 1.70. The van der Waals surface area contributed by atoms with E-state index in [1.54, 1.807) is 0 Å². The highest BCUT2D eigenvalue weighted by Gasteiger charge is 2.15. The van der Waals surface area contributed by atoms with Crippen molar-refractivity contribution in [3.63, 3.8) is 0 Å². The first-order chi connectivity index (χ1) is 9.69. The van der Waals surface area contributed by atoms with Crippen molar-refractivity contribution >= 4 is 11.6 Å². The van der Waals surface area contributed by atoms with E-state index in [0.29, 0.717) is 0 Å². The average molecular weight is 296 g/mol. The number of piperidine rings is 1. The summed E-state index contributed by atoms with van der Waals surface area (Å²) in [5.41, 5.74) is 1.16. The van der Waals surface area contributed by atoms with Gasteiger partial charge in [0.15, 0.2) is 0 Å². The lowest BCUT2D eigenvalue weighted by molar-refractivity contribution is 0.170. The standard InChI is InChI=1S/C17H26ClNO/c1-3-15-12-16(7-8-17(15)18)20-11-5-10-19-9-4-6-14(2)13-19/h7-8,12,14H,3-6,9-11,13H2,1-2H3/t14-/m1/s1. The molecule has 1 aliphatic rings. The Morgan fingerprint density at radius 2 is 2.25 bits per heavy atom. The topological polar surface area (TPSA) is 12.5 Å². The van der Waals surface area contributed by atoms with Crippen LogP contribution in [0.4, 0.5) is 0 Å². The van der Waals surface area contributed by atoms with E-state index in [2.05, 4.69) is 24.8 Å². The van der Waals surface area contributed by atoms with Crippen LogP contribution in [0.15, 0.2) is 18.2 Å². The Hall–Kier alpha value is -0.730. The summed E-state index contributed by atoms with van der Waals surface area (Å²) in [4.78, 5) is 2.57. The Morgan fingerprint density at radius 1 is 1.40 bits per heavy atom. The van der Waals surface area contributed by atoms with Crippen molar-refractivity contribution in [2.45, 2.75) is 39.5 Å². The van der Waals surface area contributed by atoms with Gasteiger partial charge in [0.2, 0.25) is 0 Å². The summed E-state index contributed by atoms with van der Waals surface area (Å²) in [6.07, 6.45) is 4.77. The Morgan fingerprint density at radius 3 is 3.00 bits per heavy atom. The molecule has 1 saturated heterocycles. The van der Waals surface area contributed by atoms with E-state index in [-0.39, 0.29) is 0 Å².